The third-order valence-corrected chi connectivity index (χ3v) is 8.12. The van der Waals surface area contributed by atoms with Crippen LogP contribution in [0, 0.1) is 0 Å². The van der Waals surface area contributed by atoms with Gasteiger partial charge in [0.15, 0.2) is 0 Å². The van der Waals surface area contributed by atoms with Crippen molar-refractivity contribution in [1.82, 2.24) is 9.80 Å². The normalized spacial score (nSPS) is 27.5. The number of piperidine rings is 2. The Kier molecular flexibility index (Phi) is 7.80. The van der Waals surface area contributed by atoms with Crippen molar-refractivity contribution in [1.29, 1.82) is 0 Å². The van der Waals surface area contributed by atoms with Gasteiger partial charge in [-0.25, -0.2) is 0 Å². The van der Waals surface area contributed by atoms with Crippen molar-refractivity contribution in [2.45, 2.75) is 52.4 Å². The Morgan fingerprint density at radius 2 is 0.885 bits per heavy atom. The van der Waals surface area contributed by atoms with Gasteiger partial charge in [-0.15, -0.1) is 0 Å². The van der Waals surface area contributed by atoms with E-state index in [0.717, 1.165) is 0 Å². The number of nitrogens with zero attached hydrogens (tertiary/aromatic N) is 4. The standard InChI is InChI=1S/C22H46N4/c1-3-25(17-7-5-8-18-25)21-15-23-11-13-24(14-12-23)16-22-26(4-2)19-9-6-10-20-26/h3-22H2,1-2H3/q+2. The van der Waals surface area contributed by atoms with Crippen LogP contribution in [0.5, 0.6) is 0 Å². The van der Waals surface area contributed by atoms with E-state index in [0.29, 0.717) is 0 Å². The van der Waals surface area contributed by atoms with E-state index in [-0.39, 0.29) is 0 Å². The van der Waals surface area contributed by atoms with Crippen molar-refractivity contribution >= 4 is 0 Å². The summed E-state index contributed by atoms with van der Waals surface area (Å²) in [6.07, 6.45) is 8.77. The molecule has 0 spiro atoms. The summed E-state index contributed by atoms with van der Waals surface area (Å²) >= 11 is 0. The Morgan fingerprint density at radius 3 is 1.19 bits per heavy atom. The third kappa shape index (κ3) is 5.43. The van der Waals surface area contributed by atoms with Crippen LogP contribution in [-0.2, 0) is 0 Å². The first kappa shape index (κ1) is 20.6. The summed E-state index contributed by atoms with van der Waals surface area (Å²) < 4.78 is 2.80. The van der Waals surface area contributed by atoms with Crippen LogP contribution in [0.1, 0.15) is 52.4 Å². The van der Waals surface area contributed by atoms with E-state index in [2.05, 4.69) is 23.6 Å². The quantitative estimate of drug-likeness (QED) is 0.609. The Bertz CT molecular complexity index is 353. The summed E-state index contributed by atoms with van der Waals surface area (Å²) in [7, 11) is 0. The second-order valence-electron chi connectivity index (χ2n) is 9.46. The highest BCUT2D eigenvalue weighted by Gasteiger charge is 2.31. The smallest absolute Gasteiger partial charge is 0.0915 e. The summed E-state index contributed by atoms with van der Waals surface area (Å²) in [6.45, 7) is 23.9. The highest BCUT2D eigenvalue weighted by Crippen LogP contribution is 2.20. The van der Waals surface area contributed by atoms with Gasteiger partial charge in [-0.1, -0.05) is 0 Å². The van der Waals surface area contributed by atoms with Gasteiger partial charge in [0.25, 0.3) is 0 Å². The van der Waals surface area contributed by atoms with Crippen molar-refractivity contribution < 1.29 is 8.97 Å². The Hall–Kier alpha value is -0.160. The van der Waals surface area contributed by atoms with Crippen molar-refractivity contribution in [3.8, 4) is 0 Å². The first-order valence-electron chi connectivity index (χ1n) is 11.8. The molecule has 0 unspecified atom stereocenters. The second kappa shape index (κ2) is 9.86. The van der Waals surface area contributed by atoms with Crippen molar-refractivity contribution in [2.24, 2.45) is 0 Å². The number of rotatable bonds is 8. The zero-order valence-corrected chi connectivity index (χ0v) is 17.9. The van der Waals surface area contributed by atoms with Crippen LogP contribution in [0.15, 0.2) is 0 Å². The molecule has 4 nitrogen and oxygen atoms in total. The SMILES string of the molecule is CC[N+]1(CCN2CCN(CC[N+]3(CC)CCCCC3)CC2)CCCCC1. The molecule has 0 radical (unpaired) electrons. The number of hydrogen-bond donors (Lipinski definition) is 0. The summed E-state index contributed by atoms with van der Waals surface area (Å²) in [6, 6.07) is 0. The fraction of sp³-hybridized carbons (Fsp3) is 1.00. The molecule has 3 saturated heterocycles. The molecule has 0 amide bonds. The number of likely N-dealkylation sites (tertiary alicyclic amines) is 2. The van der Waals surface area contributed by atoms with E-state index in [1.54, 1.807) is 0 Å². The van der Waals surface area contributed by atoms with Crippen LogP contribution in [0.3, 0.4) is 0 Å². The van der Waals surface area contributed by atoms with Crippen LogP contribution < -0.4 is 0 Å². The van der Waals surface area contributed by atoms with Crippen LogP contribution in [-0.4, -0.2) is 110 Å². The minimum absolute atomic E-state index is 1.30. The number of hydrogen-bond acceptors (Lipinski definition) is 2. The van der Waals surface area contributed by atoms with Gasteiger partial charge in [0.1, 0.15) is 0 Å². The molecule has 0 atom stereocenters. The fourth-order valence-corrected chi connectivity index (χ4v) is 5.71. The van der Waals surface area contributed by atoms with Gasteiger partial charge >= 0.3 is 0 Å². The van der Waals surface area contributed by atoms with Crippen LogP contribution in [0.25, 0.3) is 0 Å². The van der Waals surface area contributed by atoms with Gasteiger partial charge in [0.2, 0.25) is 0 Å². The molecular formula is C22H46N4+2. The van der Waals surface area contributed by atoms with E-state index in [9.17, 15) is 0 Å². The maximum Gasteiger partial charge on any atom is 0.0915 e. The largest absolute Gasteiger partial charge is 0.323 e. The molecule has 3 rings (SSSR count). The van der Waals surface area contributed by atoms with Gasteiger partial charge in [-0.05, 0) is 52.4 Å². The lowest BCUT2D eigenvalue weighted by Gasteiger charge is -2.44. The average molecular weight is 367 g/mol. The number of quaternary nitrogens is 2. The predicted molar refractivity (Wildman–Crippen MR) is 111 cm³/mol. The molecule has 3 aliphatic heterocycles. The van der Waals surface area contributed by atoms with Gasteiger partial charge in [0, 0.05) is 39.3 Å². The first-order chi connectivity index (χ1) is 12.7. The van der Waals surface area contributed by atoms with E-state index in [4.69, 9.17) is 0 Å². The minimum Gasteiger partial charge on any atom is -0.323 e. The highest BCUT2D eigenvalue weighted by atomic mass is 15.4. The van der Waals surface area contributed by atoms with Crippen molar-refractivity contribution in [3.05, 3.63) is 0 Å². The molecule has 3 fully saturated rings. The average Bonchev–Trinajstić information content (AvgIpc) is 2.73. The molecule has 3 aliphatic rings. The lowest BCUT2D eigenvalue weighted by molar-refractivity contribution is -0.930. The lowest BCUT2D eigenvalue weighted by atomic mass is 10.1. The molecular weight excluding hydrogens is 320 g/mol. The molecule has 152 valence electrons. The van der Waals surface area contributed by atoms with Crippen LogP contribution >= 0.6 is 0 Å². The molecule has 0 N–H and O–H groups in total. The molecule has 0 aromatic carbocycles. The maximum absolute atomic E-state index is 2.76. The second-order valence-corrected chi connectivity index (χ2v) is 9.46. The van der Waals surface area contributed by atoms with E-state index < -0.39 is 0 Å². The summed E-state index contributed by atoms with van der Waals surface area (Å²) in [5, 5.41) is 0. The molecule has 0 aromatic rings. The zero-order valence-electron chi connectivity index (χ0n) is 17.9. The third-order valence-electron chi connectivity index (χ3n) is 8.12. The van der Waals surface area contributed by atoms with Gasteiger partial charge in [-0.2, -0.15) is 0 Å². The van der Waals surface area contributed by atoms with E-state index >= 15 is 0 Å². The predicted octanol–water partition coefficient (Wildman–Crippen LogP) is 2.65. The summed E-state index contributed by atoms with van der Waals surface area (Å²) in [4.78, 5) is 5.51. The Labute approximate surface area is 163 Å². The molecule has 3 heterocycles. The topological polar surface area (TPSA) is 6.48 Å². The van der Waals surface area contributed by atoms with Crippen LogP contribution in [0.4, 0.5) is 0 Å². The fourth-order valence-electron chi connectivity index (χ4n) is 5.71. The van der Waals surface area contributed by atoms with Gasteiger partial charge in [0.05, 0.1) is 52.4 Å². The van der Waals surface area contributed by atoms with Crippen LogP contribution in [0.2, 0.25) is 0 Å². The Balaban J connectivity index is 1.36. The molecule has 0 bridgehead atoms. The monoisotopic (exact) mass is 366 g/mol. The van der Waals surface area contributed by atoms with E-state index in [1.807, 2.05) is 0 Å². The van der Waals surface area contributed by atoms with Gasteiger partial charge in [-0.3, -0.25) is 9.80 Å². The number of likely N-dealkylation sites (N-methyl/N-ethyl adjacent to an activating group) is 2. The summed E-state index contributed by atoms with van der Waals surface area (Å²) in [5.41, 5.74) is 0. The van der Waals surface area contributed by atoms with Crippen molar-refractivity contribution in [2.75, 3.05) is 91.6 Å². The Morgan fingerprint density at radius 1 is 0.538 bits per heavy atom. The molecule has 4 heteroatoms. The highest BCUT2D eigenvalue weighted by molar-refractivity contribution is 4.72. The van der Waals surface area contributed by atoms with E-state index in [1.165, 1.54) is 139 Å². The molecule has 0 saturated carbocycles. The molecule has 0 aliphatic carbocycles. The maximum atomic E-state index is 2.76. The van der Waals surface area contributed by atoms with Crippen molar-refractivity contribution in [3.63, 3.8) is 0 Å². The number of piperazine rings is 1. The lowest BCUT2D eigenvalue weighted by Crippen LogP contribution is -2.58. The zero-order chi connectivity index (χ0) is 18.3. The van der Waals surface area contributed by atoms with Gasteiger partial charge < -0.3 is 8.97 Å². The molecule has 26 heavy (non-hydrogen) atoms. The first-order valence-corrected chi connectivity index (χ1v) is 11.8. The summed E-state index contributed by atoms with van der Waals surface area (Å²) in [5.74, 6) is 0. The molecule has 0 aromatic heterocycles. The minimum atomic E-state index is 1.30.